The highest BCUT2D eigenvalue weighted by atomic mass is 16.5. The molecule has 0 unspecified atom stereocenters. The second-order valence-electron chi connectivity index (χ2n) is 5.34. The van der Waals surface area contributed by atoms with Gasteiger partial charge in [0.05, 0.1) is 17.4 Å². The molecule has 21 heavy (non-hydrogen) atoms. The number of aliphatic hydroxyl groups is 1. The maximum absolute atomic E-state index is 12.5. The van der Waals surface area contributed by atoms with Crippen molar-refractivity contribution in [2.75, 3.05) is 19.7 Å². The number of hydrogen-bond acceptors (Lipinski definition) is 4. The lowest BCUT2D eigenvalue weighted by molar-refractivity contribution is -0.00237. The number of aliphatic hydroxyl groups excluding tert-OH is 1. The van der Waals surface area contributed by atoms with E-state index in [1.807, 2.05) is 30.5 Å². The summed E-state index contributed by atoms with van der Waals surface area (Å²) in [6, 6.07) is 3.59. The number of fused-ring (bicyclic) bond motifs is 1. The van der Waals surface area contributed by atoms with Crippen LogP contribution in [0.1, 0.15) is 23.0 Å². The largest absolute Gasteiger partial charge is 0.388 e. The van der Waals surface area contributed by atoms with Crippen LogP contribution in [0.15, 0.2) is 24.5 Å². The summed E-state index contributed by atoms with van der Waals surface area (Å²) in [5, 5.41) is 9.93. The number of carbonyl (C=O) groups is 1. The van der Waals surface area contributed by atoms with Crippen molar-refractivity contribution in [2.45, 2.75) is 26.1 Å². The van der Waals surface area contributed by atoms with E-state index < -0.39 is 6.10 Å². The Kier molecular flexibility index (Phi) is 3.65. The summed E-state index contributed by atoms with van der Waals surface area (Å²) in [4.78, 5) is 18.5. The fraction of sp³-hybridized carbons (Fsp3) is 0.467. The van der Waals surface area contributed by atoms with Crippen molar-refractivity contribution in [2.24, 2.45) is 0 Å². The number of amides is 1. The molecular formula is C15H19N3O3. The molecule has 0 spiro atoms. The minimum atomic E-state index is -0.617. The molecule has 1 aliphatic rings. The van der Waals surface area contributed by atoms with Crippen LogP contribution in [0.2, 0.25) is 0 Å². The molecule has 0 aliphatic carbocycles. The lowest BCUT2D eigenvalue weighted by Gasteiger charge is -2.16. The van der Waals surface area contributed by atoms with E-state index in [9.17, 15) is 9.90 Å². The normalized spacial score (nSPS) is 22.1. The lowest BCUT2D eigenvalue weighted by Crippen LogP contribution is -2.30. The molecule has 0 radical (unpaired) electrons. The summed E-state index contributed by atoms with van der Waals surface area (Å²) < 4.78 is 7.29. The Morgan fingerprint density at radius 3 is 3.00 bits per heavy atom. The van der Waals surface area contributed by atoms with E-state index in [-0.39, 0.29) is 12.0 Å². The standard InChI is InChI=1S/C15H19N3O3/c1-3-21-13-9-18(8-12(13)19)15(20)11-4-5-14-16-10(2)6-17(14)7-11/h4-7,12-13,19H,3,8-9H2,1-2H3/t12-,13-/m1/s1. The van der Waals surface area contributed by atoms with Crippen molar-refractivity contribution in [3.63, 3.8) is 0 Å². The molecular weight excluding hydrogens is 270 g/mol. The number of nitrogens with zero attached hydrogens (tertiary/aromatic N) is 3. The molecule has 0 saturated carbocycles. The smallest absolute Gasteiger partial charge is 0.255 e. The minimum Gasteiger partial charge on any atom is -0.388 e. The second kappa shape index (κ2) is 5.46. The molecule has 2 aromatic rings. The average Bonchev–Trinajstić information content (AvgIpc) is 3.00. The molecule has 3 rings (SSSR count). The Bertz CT molecular complexity index is 667. The number of pyridine rings is 1. The van der Waals surface area contributed by atoms with Crippen molar-refractivity contribution in [3.8, 4) is 0 Å². The van der Waals surface area contributed by atoms with Gasteiger partial charge in [-0.3, -0.25) is 4.79 Å². The first kappa shape index (κ1) is 14.0. The number of hydrogen-bond donors (Lipinski definition) is 1. The number of ether oxygens (including phenoxy) is 1. The van der Waals surface area contributed by atoms with E-state index in [0.29, 0.717) is 25.3 Å². The molecule has 1 fully saturated rings. The molecule has 2 aromatic heterocycles. The van der Waals surface area contributed by atoms with Crippen LogP contribution >= 0.6 is 0 Å². The molecule has 112 valence electrons. The second-order valence-corrected chi connectivity index (χ2v) is 5.34. The van der Waals surface area contributed by atoms with Gasteiger partial charge in [-0.15, -0.1) is 0 Å². The van der Waals surface area contributed by atoms with Gasteiger partial charge in [0.1, 0.15) is 11.8 Å². The Balaban J connectivity index is 1.80. The van der Waals surface area contributed by atoms with Gasteiger partial charge in [0.25, 0.3) is 5.91 Å². The third-order valence-electron chi connectivity index (χ3n) is 3.72. The van der Waals surface area contributed by atoms with Crippen LogP contribution in [-0.4, -0.2) is 57.2 Å². The SMILES string of the molecule is CCO[C@@H]1CN(C(=O)c2ccc3nc(C)cn3c2)C[C@H]1O. The number of carbonyl (C=O) groups excluding carboxylic acids is 1. The van der Waals surface area contributed by atoms with Crippen LogP contribution in [0.5, 0.6) is 0 Å². The summed E-state index contributed by atoms with van der Waals surface area (Å²) in [6.07, 6.45) is 2.75. The van der Waals surface area contributed by atoms with Gasteiger partial charge in [0, 0.05) is 32.1 Å². The number of aromatic nitrogens is 2. The first-order chi connectivity index (χ1) is 10.1. The molecule has 0 bridgehead atoms. The minimum absolute atomic E-state index is 0.0930. The van der Waals surface area contributed by atoms with E-state index >= 15 is 0 Å². The van der Waals surface area contributed by atoms with Gasteiger partial charge in [-0.05, 0) is 26.0 Å². The maximum atomic E-state index is 12.5. The predicted octanol–water partition coefficient (Wildman–Crippen LogP) is 0.865. The number of β-amino-alcohol motifs (C(OH)–C–C–N with tert-alkyl or cyclic N) is 1. The van der Waals surface area contributed by atoms with E-state index in [4.69, 9.17) is 4.74 Å². The highest BCUT2D eigenvalue weighted by Gasteiger charge is 2.34. The van der Waals surface area contributed by atoms with Crippen LogP contribution in [0.3, 0.4) is 0 Å². The lowest BCUT2D eigenvalue weighted by atomic mass is 10.2. The molecule has 0 aromatic carbocycles. The molecule has 1 amide bonds. The van der Waals surface area contributed by atoms with Gasteiger partial charge >= 0.3 is 0 Å². The Morgan fingerprint density at radius 2 is 2.24 bits per heavy atom. The van der Waals surface area contributed by atoms with Crippen LogP contribution < -0.4 is 0 Å². The predicted molar refractivity (Wildman–Crippen MR) is 77.3 cm³/mol. The molecule has 1 N–H and O–H groups in total. The van der Waals surface area contributed by atoms with Gasteiger partial charge in [-0.25, -0.2) is 4.98 Å². The van der Waals surface area contributed by atoms with Crippen LogP contribution in [0.4, 0.5) is 0 Å². The van der Waals surface area contributed by atoms with E-state index in [1.54, 1.807) is 17.2 Å². The number of rotatable bonds is 3. The quantitative estimate of drug-likeness (QED) is 0.910. The fourth-order valence-electron chi connectivity index (χ4n) is 2.73. The van der Waals surface area contributed by atoms with Gasteiger partial charge in [-0.2, -0.15) is 0 Å². The molecule has 1 saturated heterocycles. The molecule has 3 heterocycles. The number of aryl methyl sites for hydroxylation is 1. The molecule has 6 nitrogen and oxygen atoms in total. The van der Waals surface area contributed by atoms with Crippen molar-refractivity contribution in [1.82, 2.24) is 14.3 Å². The maximum Gasteiger partial charge on any atom is 0.255 e. The van der Waals surface area contributed by atoms with Crippen molar-refractivity contribution in [3.05, 3.63) is 35.8 Å². The third-order valence-corrected chi connectivity index (χ3v) is 3.72. The molecule has 6 heteroatoms. The van der Waals surface area contributed by atoms with E-state index in [1.165, 1.54) is 0 Å². The Hall–Kier alpha value is -1.92. The zero-order valence-corrected chi connectivity index (χ0v) is 12.2. The van der Waals surface area contributed by atoms with Gasteiger partial charge in [-0.1, -0.05) is 0 Å². The first-order valence-electron chi connectivity index (χ1n) is 7.12. The summed E-state index contributed by atoms with van der Waals surface area (Å²) >= 11 is 0. The molecule has 1 aliphatic heterocycles. The van der Waals surface area contributed by atoms with Crippen molar-refractivity contribution >= 4 is 11.6 Å². The highest BCUT2D eigenvalue weighted by molar-refractivity contribution is 5.94. The monoisotopic (exact) mass is 289 g/mol. The van der Waals surface area contributed by atoms with Crippen molar-refractivity contribution in [1.29, 1.82) is 0 Å². The highest BCUT2D eigenvalue weighted by Crippen LogP contribution is 2.17. The number of likely N-dealkylation sites (tertiary alicyclic amines) is 1. The summed E-state index contributed by atoms with van der Waals surface area (Å²) in [5.74, 6) is -0.0930. The van der Waals surface area contributed by atoms with Crippen LogP contribution in [0, 0.1) is 6.92 Å². The topological polar surface area (TPSA) is 67.1 Å². The zero-order chi connectivity index (χ0) is 15.0. The summed E-state index contributed by atoms with van der Waals surface area (Å²) in [5.41, 5.74) is 2.31. The van der Waals surface area contributed by atoms with Crippen molar-refractivity contribution < 1.29 is 14.6 Å². The fourth-order valence-corrected chi connectivity index (χ4v) is 2.73. The third kappa shape index (κ3) is 2.64. The van der Waals surface area contributed by atoms with Gasteiger partial charge in [0.15, 0.2) is 0 Å². The Labute approximate surface area is 123 Å². The van der Waals surface area contributed by atoms with Gasteiger partial charge < -0.3 is 19.1 Å². The van der Waals surface area contributed by atoms with Gasteiger partial charge in [0.2, 0.25) is 0 Å². The average molecular weight is 289 g/mol. The van der Waals surface area contributed by atoms with Crippen LogP contribution in [0.25, 0.3) is 5.65 Å². The van der Waals surface area contributed by atoms with E-state index in [0.717, 1.165) is 11.3 Å². The van der Waals surface area contributed by atoms with E-state index in [2.05, 4.69) is 4.98 Å². The zero-order valence-electron chi connectivity index (χ0n) is 12.2. The Morgan fingerprint density at radius 1 is 1.43 bits per heavy atom. The number of imidazole rings is 1. The van der Waals surface area contributed by atoms with Crippen LogP contribution in [-0.2, 0) is 4.74 Å². The summed E-state index contributed by atoms with van der Waals surface area (Å²) in [6.45, 7) is 5.06. The first-order valence-corrected chi connectivity index (χ1v) is 7.12. The summed E-state index contributed by atoms with van der Waals surface area (Å²) in [7, 11) is 0. The molecule has 2 atom stereocenters.